The van der Waals surface area contributed by atoms with Crippen LogP contribution in [-0.4, -0.2) is 0 Å². The summed E-state index contributed by atoms with van der Waals surface area (Å²) in [6.07, 6.45) is 0. The Labute approximate surface area is 343 Å². The van der Waals surface area contributed by atoms with E-state index in [0.717, 1.165) is 105 Å². The Kier molecular flexibility index (Phi) is 6.98. The van der Waals surface area contributed by atoms with Gasteiger partial charge in [0, 0.05) is 60.4 Å². The van der Waals surface area contributed by atoms with Gasteiger partial charge in [0.15, 0.2) is 5.58 Å². The molecule has 0 bridgehead atoms. The molecule has 0 radical (unpaired) electrons. The smallest absolute Gasteiger partial charge is 0.159 e. The summed E-state index contributed by atoms with van der Waals surface area (Å²) >= 11 is 0. The highest BCUT2D eigenvalue weighted by Gasteiger charge is 2.22. The average Bonchev–Trinajstić information content (AvgIpc) is 4.01. The number of para-hydroxylation sites is 5. The third-order valence-corrected chi connectivity index (χ3v) is 12.2. The first-order valence-electron chi connectivity index (χ1n) is 20.3. The number of hydrogen-bond acceptors (Lipinski definition) is 4. The van der Waals surface area contributed by atoms with E-state index in [2.05, 4.69) is 193 Å². The topological polar surface area (TPSA) is 42.7 Å². The highest BCUT2D eigenvalue weighted by molar-refractivity contribution is 6.17. The number of hydrogen-bond donors (Lipinski definition) is 0. The summed E-state index contributed by atoms with van der Waals surface area (Å²) in [5.74, 6) is 0. The number of furan rings is 3. The lowest BCUT2D eigenvalue weighted by Crippen LogP contribution is -2.10. The molecule has 13 aromatic rings. The van der Waals surface area contributed by atoms with E-state index < -0.39 is 0 Å². The van der Waals surface area contributed by atoms with Crippen molar-refractivity contribution >= 4 is 104 Å². The van der Waals surface area contributed by atoms with Crippen molar-refractivity contribution in [2.75, 3.05) is 4.90 Å². The monoisotopic (exact) mass is 767 g/mol. The molecular formula is C56H33NO3. The molecule has 0 atom stereocenters. The van der Waals surface area contributed by atoms with Crippen LogP contribution in [0.2, 0.25) is 0 Å². The Bertz CT molecular complexity index is 3780. The molecule has 3 heterocycles. The van der Waals surface area contributed by atoms with Gasteiger partial charge in [0.2, 0.25) is 0 Å². The van der Waals surface area contributed by atoms with Gasteiger partial charge in [0.05, 0.1) is 5.69 Å². The van der Waals surface area contributed by atoms with Crippen LogP contribution in [0.15, 0.2) is 213 Å². The second kappa shape index (κ2) is 12.7. The molecule has 0 N–H and O–H groups in total. The number of anilines is 3. The van der Waals surface area contributed by atoms with Crippen molar-refractivity contribution in [1.82, 2.24) is 0 Å². The maximum Gasteiger partial charge on any atom is 0.159 e. The third kappa shape index (κ3) is 4.91. The molecule has 3 aromatic heterocycles. The van der Waals surface area contributed by atoms with Gasteiger partial charge in [0.25, 0.3) is 0 Å². The predicted molar refractivity (Wildman–Crippen MR) is 249 cm³/mol. The first-order chi connectivity index (χ1) is 29.7. The number of fused-ring (bicyclic) bond motifs is 11. The maximum atomic E-state index is 6.97. The van der Waals surface area contributed by atoms with Crippen molar-refractivity contribution in [2.45, 2.75) is 0 Å². The molecule has 0 amide bonds. The summed E-state index contributed by atoms with van der Waals surface area (Å²) in [6, 6.07) is 70.7. The summed E-state index contributed by atoms with van der Waals surface area (Å²) in [4.78, 5) is 2.32. The van der Waals surface area contributed by atoms with Crippen LogP contribution in [0.5, 0.6) is 0 Å². The van der Waals surface area contributed by atoms with Gasteiger partial charge in [-0.15, -0.1) is 0 Å². The lowest BCUT2D eigenvalue weighted by atomic mass is 9.98. The molecule has 0 aliphatic heterocycles. The summed E-state index contributed by atoms with van der Waals surface area (Å²) in [5, 5.41) is 11.2. The minimum Gasteiger partial charge on any atom is -0.455 e. The Morgan fingerprint density at radius 2 is 0.767 bits per heavy atom. The number of rotatable bonds is 5. The summed E-state index contributed by atoms with van der Waals surface area (Å²) in [6.45, 7) is 0. The molecule has 0 saturated heterocycles. The van der Waals surface area contributed by atoms with Gasteiger partial charge in [-0.1, -0.05) is 152 Å². The maximum absolute atomic E-state index is 6.97. The van der Waals surface area contributed by atoms with Crippen LogP contribution in [0.1, 0.15) is 0 Å². The van der Waals surface area contributed by atoms with Crippen LogP contribution < -0.4 is 4.90 Å². The molecule has 60 heavy (non-hydrogen) atoms. The van der Waals surface area contributed by atoms with Crippen molar-refractivity contribution in [1.29, 1.82) is 0 Å². The number of benzene rings is 10. The third-order valence-electron chi connectivity index (χ3n) is 12.2. The zero-order chi connectivity index (χ0) is 39.3. The lowest BCUT2D eigenvalue weighted by molar-refractivity contribution is 0.665. The molecule has 4 heteroatoms. The summed E-state index contributed by atoms with van der Waals surface area (Å²) < 4.78 is 20.3. The largest absolute Gasteiger partial charge is 0.455 e. The van der Waals surface area contributed by atoms with Crippen LogP contribution in [0, 0.1) is 0 Å². The molecule has 0 unspecified atom stereocenters. The van der Waals surface area contributed by atoms with Gasteiger partial charge in [-0.25, -0.2) is 0 Å². The van der Waals surface area contributed by atoms with Gasteiger partial charge >= 0.3 is 0 Å². The van der Waals surface area contributed by atoms with Crippen LogP contribution in [0.4, 0.5) is 17.1 Å². The molecule has 10 aromatic carbocycles. The van der Waals surface area contributed by atoms with Gasteiger partial charge in [-0.3, -0.25) is 0 Å². The van der Waals surface area contributed by atoms with E-state index in [4.69, 9.17) is 13.3 Å². The minimum absolute atomic E-state index is 0.830. The van der Waals surface area contributed by atoms with Crippen LogP contribution >= 0.6 is 0 Å². The summed E-state index contributed by atoms with van der Waals surface area (Å²) in [5.41, 5.74) is 12.3. The first kappa shape index (κ1) is 32.9. The van der Waals surface area contributed by atoms with Crippen molar-refractivity contribution < 1.29 is 13.3 Å². The molecule has 4 nitrogen and oxygen atoms in total. The SMILES string of the molecule is c1ccc2cc(N(c3ccc4ccccc4c3)c3cccc4c3oc3ccc(-c5cccc6c5oc5c(-c7cccc8c7oc7ccccc78)cccc56)cc34)ccc2c1. The Balaban J connectivity index is 0.978. The zero-order valence-electron chi connectivity index (χ0n) is 32.2. The Hall–Kier alpha value is -8.08. The fraction of sp³-hybridized carbons (Fsp3) is 0. The fourth-order valence-electron chi connectivity index (χ4n) is 9.40. The lowest BCUT2D eigenvalue weighted by Gasteiger charge is -2.26. The van der Waals surface area contributed by atoms with Crippen molar-refractivity contribution in [3.8, 4) is 22.3 Å². The normalized spacial score (nSPS) is 12.0. The highest BCUT2D eigenvalue weighted by atomic mass is 16.3. The van der Waals surface area contributed by atoms with Gasteiger partial charge in [-0.2, -0.15) is 0 Å². The van der Waals surface area contributed by atoms with Gasteiger partial charge in [0.1, 0.15) is 27.9 Å². The molecule has 0 aliphatic rings. The van der Waals surface area contributed by atoms with E-state index in [1.807, 2.05) is 12.1 Å². The summed E-state index contributed by atoms with van der Waals surface area (Å²) in [7, 11) is 0. The molecular weight excluding hydrogens is 735 g/mol. The second-order valence-corrected chi connectivity index (χ2v) is 15.6. The van der Waals surface area contributed by atoms with E-state index in [1.54, 1.807) is 0 Å². The molecule has 0 spiro atoms. The Morgan fingerprint density at radius 3 is 1.45 bits per heavy atom. The van der Waals surface area contributed by atoms with Crippen molar-refractivity contribution in [3.63, 3.8) is 0 Å². The van der Waals surface area contributed by atoms with E-state index in [9.17, 15) is 0 Å². The second-order valence-electron chi connectivity index (χ2n) is 15.6. The van der Waals surface area contributed by atoms with Crippen LogP contribution in [0.25, 0.3) is 110 Å². The molecule has 0 fully saturated rings. The van der Waals surface area contributed by atoms with E-state index in [-0.39, 0.29) is 0 Å². The quantitative estimate of drug-likeness (QED) is 0.175. The van der Waals surface area contributed by atoms with Gasteiger partial charge < -0.3 is 18.2 Å². The van der Waals surface area contributed by atoms with E-state index in [0.29, 0.717) is 0 Å². The van der Waals surface area contributed by atoms with Crippen molar-refractivity contribution in [3.05, 3.63) is 200 Å². The van der Waals surface area contributed by atoms with Crippen molar-refractivity contribution in [2.24, 2.45) is 0 Å². The van der Waals surface area contributed by atoms with E-state index in [1.165, 1.54) is 21.5 Å². The van der Waals surface area contributed by atoms with Crippen LogP contribution in [0.3, 0.4) is 0 Å². The standard InChI is InChI=1S/C56H33NO3/c1-3-13-36-31-39(28-25-34(36)11-1)57(40-29-26-35-12-2-4-14-37(35)32-40)50-23-10-22-48-49-33-38(27-30-52(49)59-56(48)50)41-16-7-18-44-46-20-9-21-47(55(46)60-53(41)44)45-19-8-17-43-42-15-5-6-24-51(42)58-54(43)45/h1-33H. The molecule has 13 rings (SSSR count). The van der Waals surface area contributed by atoms with Gasteiger partial charge in [-0.05, 0) is 75.6 Å². The first-order valence-corrected chi connectivity index (χ1v) is 20.3. The zero-order valence-corrected chi connectivity index (χ0v) is 32.2. The number of nitrogens with zero attached hydrogens (tertiary/aromatic N) is 1. The Morgan fingerprint density at radius 1 is 0.283 bits per heavy atom. The minimum atomic E-state index is 0.830. The van der Waals surface area contributed by atoms with Crippen LogP contribution in [-0.2, 0) is 0 Å². The molecule has 280 valence electrons. The highest BCUT2D eigenvalue weighted by Crippen LogP contribution is 2.46. The molecule has 0 aliphatic carbocycles. The average molecular weight is 768 g/mol. The molecule has 0 saturated carbocycles. The van der Waals surface area contributed by atoms with E-state index >= 15 is 0 Å². The predicted octanol–water partition coefficient (Wildman–Crippen LogP) is 16.5. The fourth-order valence-corrected chi connectivity index (χ4v) is 9.40.